The van der Waals surface area contributed by atoms with E-state index in [4.69, 9.17) is 0 Å². The van der Waals surface area contributed by atoms with E-state index < -0.39 is 0 Å². The van der Waals surface area contributed by atoms with Crippen LogP contribution in [-0.2, 0) is 0 Å². The van der Waals surface area contributed by atoms with Gasteiger partial charge in [-0.2, -0.15) is 0 Å². The molecule has 0 amide bonds. The zero-order chi connectivity index (χ0) is 15.7. The van der Waals surface area contributed by atoms with E-state index in [0.29, 0.717) is 0 Å². The van der Waals surface area contributed by atoms with Crippen molar-refractivity contribution in [2.75, 3.05) is 0 Å². The molecule has 0 nitrogen and oxygen atoms in total. The van der Waals surface area contributed by atoms with Crippen LogP contribution < -0.4 is 0 Å². The van der Waals surface area contributed by atoms with Gasteiger partial charge in [0, 0.05) is 0 Å². The maximum Gasteiger partial charge on any atom is -0.0260 e. The van der Waals surface area contributed by atoms with Gasteiger partial charge in [0.15, 0.2) is 0 Å². The van der Waals surface area contributed by atoms with Crippen molar-refractivity contribution in [3.8, 4) is 0 Å². The molecule has 0 aromatic rings. The average molecular weight is 291 g/mol. The fourth-order valence-corrected chi connectivity index (χ4v) is 1.47. The van der Waals surface area contributed by atoms with E-state index in [1.807, 2.05) is 13.8 Å². The lowest BCUT2D eigenvalue weighted by Crippen LogP contribution is -1.94. The molecule has 0 aromatic carbocycles. The van der Waals surface area contributed by atoms with Crippen molar-refractivity contribution in [3.63, 3.8) is 0 Å². The van der Waals surface area contributed by atoms with Crippen molar-refractivity contribution in [2.24, 2.45) is 11.8 Å². The van der Waals surface area contributed by atoms with Crippen LogP contribution in [-0.4, -0.2) is 0 Å². The molecule has 20 heavy (non-hydrogen) atoms. The van der Waals surface area contributed by atoms with Gasteiger partial charge in [0.05, 0.1) is 0 Å². The average Bonchev–Trinajstić information content (AvgIpc) is 2.40. The monoisotopic (exact) mass is 290 g/mol. The molecule has 0 radical (unpaired) electrons. The van der Waals surface area contributed by atoms with Gasteiger partial charge in [-0.1, -0.05) is 93.2 Å². The molecule has 0 bridgehead atoms. The van der Waals surface area contributed by atoms with E-state index >= 15 is 0 Å². The molecular weight excluding hydrogens is 247 g/mol. The first-order chi connectivity index (χ1) is 8.99. The summed E-state index contributed by atoms with van der Waals surface area (Å²) in [6.07, 6.45) is 10.3. The maximum absolute atomic E-state index is 2.40. The van der Waals surface area contributed by atoms with Gasteiger partial charge in [0.1, 0.15) is 0 Å². The predicted octanol–water partition coefficient (Wildman–Crippen LogP) is 7.79. The molecule has 0 heterocycles. The summed E-state index contributed by atoms with van der Waals surface area (Å²) in [7, 11) is 0. The normalized spacial score (nSPS) is 10.2. The highest BCUT2D eigenvalue weighted by atomic mass is 19.0. The smallest absolute Gasteiger partial charge is 0.0260 e. The van der Waals surface area contributed by atoms with Crippen molar-refractivity contribution >= 4 is 0 Å². The number of rotatable bonds is 7. The number of hydrogen-bond donors (Lipinski definition) is 0. The van der Waals surface area contributed by atoms with Crippen LogP contribution in [0.15, 0.2) is 11.6 Å². The molecule has 0 saturated carbocycles. The van der Waals surface area contributed by atoms with E-state index in [0.717, 1.165) is 11.8 Å². The summed E-state index contributed by atoms with van der Waals surface area (Å²) >= 11 is 0. The Kier molecular flexibility index (Phi) is 33.1. The lowest BCUT2D eigenvalue weighted by Gasteiger charge is -2.10. The van der Waals surface area contributed by atoms with Crippen LogP contribution in [0.25, 0.3) is 0 Å². The predicted molar refractivity (Wildman–Crippen MR) is 96.3 cm³/mol. The van der Waals surface area contributed by atoms with Crippen LogP contribution in [0.3, 0.4) is 0 Å². The van der Waals surface area contributed by atoms with Gasteiger partial charge < -0.3 is 0 Å². The number of allylic oxidation sites excluding steroid dienone is 2. The molecule has 0 saturated heterocycles. The molecule has 0 rings (SSSR count). The third-order valence-electron chi connectivity index (χ3n) is 3.09. The highest BCUT2D eigenvalue weighted by Gasteiger charge is 2.01. The standard InChI is InChI=1S/C12H24.C5H12.C2H6.FH/c1-5-7-8-10-12(9-6-2)11(3)4;1-4-5(2)3;1-2;/h9,11H,5-8,10H2,1-4H3;5H,4H2,1-3H3;1-2H3;1H/b12-9+;;;. The molecule has 0 N–H and O–H groups in total. The molecule has 126 valence electrons. The first-order valence-corrected chi connectivity index (χ1v) is 8.68. The topological polar surface area (TPSA) is 0 Å². The quantitative estimate of drug-likeness (QED) is 0.331. The van der Waals surface area contributed by atoms with Gasteiger partial charge in [0.25, 0.3) is 0 Å². The number of halogens is 1. The molecule has 0 aromatic heterocycles. The van der Waals surface area contributed by atoms with E-state index in [9.17, 15) is 0 Å². The first kappa shape index (κ1) is 27.9. The lowest BCUT2D eigenvalue weighted by atomic mass is 9.96. The summed E-state index contributed by atoms with van der Waals surface area (Å²) in [5, 5.41) is 0. The van der Waals surface area contributed by atoms with Crippen molar-refractivity contribution in [1.82, 2.24) is 0 Å². The molecule has 0 fully saturated rings. The highest BCUT2D eigenvalue weighted by Crippen LogP contribution is 2.18. The van der Waals surface area contributed by atoms with Crippen molar-refractivity contribution < 1.29 is 4.70 Å². The Morgan fingerprint density at radius 3 is 1.60 bits per heavy atom. The molecule has 0 spiro atoms. The van der Waals surface area contributed by atoms with E-state index in [1.54, 1.807) is 5.57 Å². The maximum atomic E-state index is 2.40. The summed E-state index contributed by atoms with van der Waals surface area (Å²) in [5.74, 6) is 1.64. The minimum absolute atomic E-state index is 0. The summed E-state index contributed by atoms with van der Waals surface area (Å²) in [6, 6.07) is 0. The Morgan fingerprint density at radius 2 is 1.35 bits per heavy atom. The van der Waals surface area contributed by atoms with Crippen LogP contribution in [0.1, 0.15) is 101 Å². The van der Waals surface area contributed by atoms with E-state index in [-0.39, 0.29) is 4.70 Å². The number of hydrogen-bond acceptors (Lipinski definition) is 0. The van der Waals surface area contributed by atoms with Crippen LogP contribution in [0.4, 0.5) is 4.70 Å². The van der Waals surface area contributed by atoms with Crippen molar-refractivity contribution in [1.29, 1.82) is 0 Å². The zero-order valence-corrected chi connectivity index (χ0v) is 15.9. The van der Waals surface area contributed by atoms with Gasteiger partial charge in [0.2, 0.25) is 0 Å². The molecule has 0 unspecified atom stereocenters. The third-order valence-corrected chi connectivity index (χ3v) is 3.09. The largest absolute Gasteiger partial charge is 0.269 e. The minimum Gasteiger partial charge on any atom is -0.269 e. The Morgan fingerprint density at radius 1 is 0.900 bits per heavy atom. The summed E-state index contributed by atoms with van der Waals surface area (Å²) in [6.45, 7) is 19.7. The van der Waals surface area contributed by atoms with Gasteiger partial charge in [-0.25, -0.2) is 0 Å². The molecule has 0 atom stereocenters. The molecule has 1 heteroatoms. The number of unbranched alkanes of at least 4 members (excludes halogenated alkanes) is 2. The SMILES string of the molecule is CC.CC/C=C(\CCCCC)C(C)C.CCC(C)C.F. The van der Waals surface area contributed by atoms with Crippen LogP contribution in [0.2, 0.25) is 0 Å². The summed E-state index contributed by atoms with van der Waals surface area (Å²) < 4.78 is 0. The molecule has 0 aliphatic carbocycles. The lowest BCUT2D eigenvalue weighted by molar-refractivity contribution is 0.626. The minimum atomic E-state index is 0. The molecule has 0 aliphatic heterocycles. The third kappa shape index (κ3) is 26.3. The molecular formula is C19H43F. The zero-order valence-electron chi connectivity index (χ0n) is 15.9. The van der Waals surface area contributed by atoms with E-state index in [1.165, 1.54) is 38.5 Å². The first-order valence-electron chi connectivity index (χ1n) is 8.68. The fraction of sp³-hybridized carbons (Fsp3) is 0.895. The van der Waals surface area contributed by atoms with Crippen molar-refractivity contribution in [3.05, 3.63) is 11.6 Å². The fourth-order valence-electron chi connectivity index (χ4n) is 1.47. The Labute approximate surface area is 129 Å². The Bertz CT molecular complexity index is 169. The van der Waals surface area contributed by atoms with Crippen LogP contribution in [0.5, 0.6) is 0 Å². The van der Waals surface area contributed by atoms with Gasteiger partial charge in [-0.15, -0.1) is 0 Å². The molecule has 0 aliphatic rings. The van der Waals surface area contributed by atoms with Crippen molar-refractivity contribution in [2.45, 2.75) is 101 Å². The van der Waals surface area contributed by atoms with Crippen LogP contribution in [0, 0.1) is 11.8 Å². The van der Waals surface area contributed by atoms with Gasteiger partial charge in [-0.05, 0) is 31.1 Å². The second kappa shape index (κ2) is 23.7. The second-order valence-corrected chi connectivity index (χ2v) is 5.60. The van der Waals surface area contributed by atoms with Crippen LogP contribution >= 0.6 is 0 Å². The van der Waals surface area contributed by atoms with Gasteiger partial charge in [-0.3, -0.25) is 4.70 Å². The Hall–Kier alpha value is -0.330. The Balaban J connectivity index is -0.000000136. The summed E-state index contributed by atoms with van der Waals surface area (Å²) in [5.41, 5.74) is 1.66. The second-order valence-electron chi connectivity index (χ2n) is 5.60. The summed E-state index contributed by atoms with van der Waals surface area (Å²) in [4.78, 5) is 0. The highest BCUT2D eigenvalue weighted by molar-refractivity contribution is 5.04. The van der Waals surface area contributed by atoms with Gasteiger partial charge >= 0.3 is 0 Å². The van der Waals surface area contributed by atoms with E-state index in [2.05, 4.69) is 54.5 Å².